The van der Waals surface area contributed by atoms with E-state index in [2.05, 4.69) is 17.0 Å². The summed E-state index contributed by atoms with van der Waals surface area (Å²) in [5, 5.41) is 2.64. The van der Waals surface area contributed by atoms with Crippen LogP contribution in [0.3, 0.4) is 0 Å². The van der Waals surface area contributed by atoms with Gasteiger partial charge in [0.1, 0.15) is 17.3 Å². The SMILES string of the molecule is CCCCCCC(=O)NS(=O)(=O)c1ccccc1NC(=O)c1cccc(OCc2ccccc2)c1. The minimum atomic E-state index is -4.15. The predicted octanol–water partition coefficient (Wildman–Crippen LogP) is 5.29. The van der Waals surface area contributed by atoms with E-state index in [1.165, 1.54) is 18.2 Å². The number of hydrogen-bond donors (Lipinski definition) is 2. The molecule has 3 aromatic carbocycles. The van der Waals surface area contributed by atoms with Crippen molar-refractivity contribution in [3.8, 4) is 5.75 Å². The first-order valence-corrected chi connectivity index (χ1v) is 13.1. The fraction of sp³-hybridized carbons (Fsp3) is 0.259. The molecule has 0 aliphatic rings. The van der Waals surface area contributed by atoms with E-state index in [1.54, 1.807) is 30.3 Å². The summed E-state index contributed by atoms with van der Waals surface area (Å²) in [6.07, 6.45) is 3.63. The van der Waals surface area contributed by atoms with Gasteiger partial charge in [-0.2, -0.15) is 0 Å². The van der Waals surface area contributed by atoms with Crippen LogP contribution >= 0.6 is 0 Å². The zero-order valence-corrected chi connectivity index (χ0v) is 20.5. The lowest BCUT2D eigenvalue weighted by Crippen LogP contribution is -2.31. The maximum absolute atomic E-state index is 12.9. The number of hydrogen-bond acceptors (Lipinski definition) is 5. The van der Waals surface area contributed by atoms with Gasteiger partial charge in [0.15, 0.2) is 0 Å². The van der Waals surface area contributed by atoms with E-state index in [4.69, 9.17) is 4.74 Å². The zero-order valence-electron chi connectivity index (χ0n) is 19.7. The second kappa shape index (κ2) is 12.7. The van der Waals surface area contributed by atoms with E-state index < -0.39 is 21.8 Å². The van der Waals surface area contributed by atoms with Crippen LogP contribution in [-0.4, -0.2) is 20.2 Å². The maximum Gasteiger partial charge on any atom is 0.266 e. The molecule has 0 radical (unpaired) electrons. The van der Waals surface area contributed by atoms with Gasteiger partial charge in [0.25, 0.3) is 15.9 Å². The number of carbonyl (C=O) groups excluding carboxylic acids is 2. The number of benzene rings is 3. The van der Waals surface area contributed by atoms with Gasteiger partial charge >= 0.3 is 0 Å². The number of rotatable bonds is 12. The molecule has 35 heavy (non-hydrogen) atoms. The molecule has 0 saturated carbocycles. The quantitative estimate of drug-likeness (QED) is 0.333. The van der Waals surface area contributed by atoms with Gasteiger partial charge in [-0.1, -0.05) is 74.7 Å². The van der Waals surface area contributed by atoms with Crippen LogP contribution in [0.1, 0.15) is 54.9 Å². The molecule has 0 heterocycles. The first-order valence-electron chi connectivity index (χ1n) is 11.6. The molecule has 0 spiro atoms. The lowest BCUT2D eigenvalue weighted by atomic mass is 10.1. The number of ether oxygens (including phenoxy) is 1. The fourth-order valence-electron chi connectivity index (χ4n) is 3.43. The highest BCUT2D eigenvalue weighted by Crippen LogP contribution is 2.23. The van der Waals surface area contributed by atoms with Gasteiger partial charge in [0.05, 0.1) is 5.69 Å². The summed E-state index contributed by atoms with van der Waals surface area (Å²) in [6, 6.07) is 22.3. The molecule has 2 amide bonds. The lowest BCUT2D eigenvalue weighted by molar-refractivity contribution is -0.119. The van der Waals surface area contributed by atoms with Crippen molar-refractivity contribution in [1.82, 2.24) is 4.72 Å². The van der Waals surface area contributed by atoms with Crippen molar-refractivity contribution >= 4 is 27.5 Å². The van der Waals surface area contributed by atoms with Crippen molar-refractivity contribution < 1.29 is 22.7 Å². The van der Waals surface area contributed by atoms with Gasteiger partial charge in [-0.3, -0.25) is 9.59 Å². The number of anilines is 1. The molecule has 0 saturated heterocycles. The van der Waals surface area contributed by atoms with Crippen molar-refractivity contribution in [3.05, 3.63) is 90.0 Å². The standard InChI is InChI=1S/C27H30N2O5S/c1-2-3-4-8-18-26(30)29-35(32,33)25-17-10-9-16-24(25)28-27(31)22-14-11-15-23(19-22)34-20-21-12-6-5-7-13-21/h5-7,9-17,19H,2-4,8,18,20H2,1H3,(H,28,31)(H,29,30). The molecule has 3 aromatic rings. The van der Waals surface area contributed by atoms with Crippen LogP contribution in [0.25, 0.3) is 0 Å². The van der Waals surface area contributed by atoms with E-state index >= 15 is 0 Å². The second-order valence-corrected chi connectivity index (χ2v) is 9.74. The monoisotopic (exact) mass is 494 g/mol. The van der Waals surface area contributed by atoms with Gasteiger partial charge < -0.3 is 10.1 Å². The molecule has 0 bridgehead atoms. The summed E-state index contributed by atoms with van der Waals surface area (Å²) in [7, 11) is -4.15. The van der Waals surface area contributed by atoms with Crippen LogP contribution in [0.15, 0.2) is 83.8 Å². The minimum absolute atomic E-state index is 0.0828. The Hall–Kier alpha value is -3.65. The van der Waals surface area contributed by atoms with Crippen molar-refractivity contribution in [1.29, 1.82) is 0 Å². The predicted molar refractivity (Wildman–Crippen MR) is 136 cm³/mol. The Bertz CT molecular complexity index is 1240. The normalized spacial score (nSPS) is 11.0. The Morgan fingerprint density at radius 2 is 1.60 bits per heavy atom. The van der Waals surface area contributed by atoms with E-state index in [9.17, 15) is 18.0 Å². The third kappa shape index (κ3) is 7.96. The largest absolute Gasteiger partial charge is 0.489 e. The van der Waals surface area contributed by atoms with Crippen LogP contribution in [0.2, 0.25) is 0 Å². The van der Waals surface area contributed by atoms with Crippen molar-refractivity contribution in [2.45, 2.75) is 50.5 Å². The van der Waals surface area contributed by atoms with Crippen molar-refractivity contribution in [3.63, 3.8) is 0 Å². The summed E-state index contributed by atoms with van der Waals surface area (Å²) in [5.41, 5.74) is 1.39. The highest BCUT2D eigenvalue weighted by Gasteiger charge is 2.22. The van der Waals surface area contributed by atoms with Gasteiger partial charge in [0.2, 0.25) is 5.91 Å². The Morgan fingerprint density at radius 1 is 0.857 bits per heavy atom. The molecule has 0 aliphatic heterocycles. The molecule has 184 valence electrons. The summed E-state index contributed by atoms with van der Waals surface area (Å²) < 4.78 is 33.6. The Balaban J connectivity index is 1.67. The van der Waals surface area contributed by atoms with E-state index in [0.717, 1.165) is 24.8 Å². The Morgan fingerprint density at radius 3 is 2.37 bits per heavy atom. The van der Waals surface area contributed by atoms with Crippen LogP contribution in [0.4, 0.5) is 5.69 Å². The van der Waals surface area contributed by atoms with Gasteiger partial charge in [-0.05, 0) is 42.3 Å². The smallest absolute Gasteiger partial charge is 0.266 e. The molecular formula is C27H30N2O5S. The average Bonchev–Trinajstić information content (AvgIpc) is 2.86. The van der Waals surface area contributed by atoms with Crippen LogP contribution < -0.4 is 14.8 Å². The number of carbonyl (C=O) groups is 2. The molecule has 3 rings (SSSR count). The van der Waals surface area contributed by atoms with E-state index in [0.29, 0.717) is 24.3 Å². The van der Waals surface area contributed by atoms with Crippen molar-refractivity contribution in [2.24, 2.45) is 0 Å². The summed E-state index contributed by atoms with van der Waals surface area (Å²) in [6.45, 7) is 2.41. The number of amides is 2. The van der Waals surface area contributed by atoms with Gasteiger partial charge in [0, 0.05) is 12.0 Å². The lowest BCUT2D eigenvalue weighted by Gasteiger charge is -2.13. The maximum atomic E-state index is 12.9. The third-order valence-electron chi connectivity index (χ3n) is 5.27. The summed E-state index contributed by atoms with van der Waals surface area (Å²) >= 11 is 0. The Labute approximate surface area is 206 Å². The van der Waals surface area contributed by atoms with Crippen LogP contribution in [0.5, 0.6) is 5.75 Å². The first kappa shape index (κ1) is 26.0. The molecule has 0 aromatic heterocycles. The average molecular weight is 495 g/mol. The number of unbranched alkanes of at least 4 members (excludes halogenated alkanes) is 3. The highest BCUT2D eigenvalue weighted by molar-refractivity contribution is 7.90. The Kier molecular flexibility index (Phi) is 9.43. The van der Waals surface area contributed by atoms with Crippen LogP contribution in [-0.2, 0) is 21.4 Å². The first-order chi connectivity index (χ1) is 16.9. The van der Waals surface area contributed by atoms with E-state index in [1.807, 2.05) is 30.3 Å². The second-order valence-electron chi connectivity index (χ2n) is 8.09. The number of para-hydroxylation sites is 1. The summed E-state index contributed by atoms with van der Waals surface area (Å²) in [5.74, 6) is -0.549. The van der Waals surface area contributed by atoms with Crippen LogP contribution in [0, 0.1) is 0 Å². The van der Waals surface area contributed by atoms with Crippen molar-refractivity contribution in [2.75, 3.05) is 5.32 Å². The molecule has 0 unspecified atom stereocenters. The molecular weight excluding hydrogens is 464 g/mol. The zero-order chi connectivity index (χ0) is 25.1. The molecule has 0 aliphatic carbocycles. The topological polar surface area (TPSA) is 102 Å². The molecule has 2 N–H and O–H groups in total. The van der Waals surface area contributed by atoms with Gasteiger partial charge in [-0.15, -0.1) is 0 Å². The molecule has 0 fully saturated rings. The summed E-state index contributed by atoms with van der Waals surface area (Å²) in [4.78, 5) is 24.9. The molecule has 7 nitrogen and oxygen atoms in total. The number of sulfonamides is 1. The molecule has 0 atom stereocenters. The minimum Gasteiger partial charge on any atom is -0.489 e. The number of nitrogens with one attached hydrogen (secondary N) is 2. The van der Waals surface area contributed by atoms with Gasteiger partial charge in [-0.25, -0.2) is 13.1 Å². The third-order valence-corrected chi connectivity index (χ3v) is 6.71. The fourth-order valence-corrected chi connectivity index (χ4v) is 4.61. The van der Waals surface area contributed by atoms with E-state index in [-0.39, 0.29) is 17.0 Å². The molecule has 8 heteroatoms. The highest BCUT2D eigenvalue weighted by atomic mass is 32.2.